The van der Waals surface area contributed by atoms with E-state index in [4.69, 9.17) is 5.73 Å². The fourth-order valence-electron chi connectivity index (χ4n) is 1.65. The van der Waals surface area contributed by atoms with Crippen molar-refractivity contribution < 1.29 is 9.59 Å². The highest BCUT2D eigenvalue weighted by Crippen LogP contribution is 2.20. The molecule has 0 bridgehead atoms. The molecule has 2 aromatic rings. The number of aromatic nitrogens is 1. The third kappa shape index (κ3) is 4.25. The lowest BCUT2D eigenvalue weighted by Gasteiger charge is -2.07. The summed E-state index contributed by atoms with van der Waals surface area (Å²) in [6, 6.07) is 8.48. The van der Waals surface area contributed by atoms with Gasteiger partial charge in [-0.1, -0.05) is 22.0 Å². The van der Waals surface area contributed by atoms with Crippen LogP contribution in [0.4, 0.5) is 5.69 Å². The number of nitrogens with two attached hydrogens (primary N) is 1. The zero-order valence-electron chi connectivity index (χ0n) is 10.9. The molecule has 0 radical (unpaired) electrons. The van der Waals surface area contributed by atoms with Crippen LogP contribution in [0.3, 0.4) is 0 Å². The zero-order chi connectivity index (χ0) is 15.2. The molecule has 3 N–H and O–H groups in total. The molecule has 6 heteroatoms. The Morgan fingerprint density at radius 3 is 2.76 bits per heavy atom. The van der Waals surface area contributed by atoms with Gasteiger partial charge in [-0.3, -0.25) is 14.6 Å². The molecule has 1 aromatic carbocycles. The Kier molecular flexibility index (Phi) is 4.84. The van der Waals surface area contributed by atoms with Crippen LogP contribution in [0.15, 0.2) is 53.3 Å². The van der Waals surface area contributed by atoms with E-state index in [2.05, 4.69) is 26.2 Å². The summed E-state index contributed by atoms with van der Waals surface area (Å²) in [5.41, 5.74) is 6.70. The molecule has 0 atom stereocenters. The maximum atomic E-state index is 11.9. The number of amides is 2. The summed E-state index contributed by atoms with van der Waals surface area (Å²) in [5, 5.41) is 2.62. The highest BCUT2D eigenvalue weighted by atomic mass is 79.9. The van der Waals surface area contributed by atoms with E-state index in [1.807, 2.05) is 6.07 Å². The van der Waals surface area contributed by atoms with Crippen molar-refractivity contribution in [1.82, 2.24) is 4.98 Å². The van der Waals surface area contributed by atoms with Crippen molar-refractivity contribution in [3.05, 3.63) is 64.4 Å². The van der Waals surface area contributed by atoms with Crippen LogP contribution in [0, 0.1) is 0 Å². The van der Waals surface area contributed by atoms with Crippen molar-refractivity contribution in [2.45, 2.75) is 0 Å². The van der Waals surface area contributed by atoms with Gasteiger partial charge in [0.25, 0.3) is 5.91 Å². The van der Waals surface area contributed by atoms with Crippen LogP contribution in [-0.2, 0) is 4.79 Å². The van der Waals surface area contributed by atoms with Crippen molar-refractivity contribution in [3.8, 4) is 0 Å². The van der Waals surface area contributed by atoms with Gasteiger partial charge in [-0.2, -0.15) is 0 Å². The third-order valence-corrected chi connectivity index (χ3v) is 3.11. The molecule has 0 aliphatic heterocycles. The minimum atomic E-state index is -0.608. The van der Waals surface area contributed by atoms with E-state index in [9.17, 15) is 9.59 Å². The van der Waals surface area contributed by atoms with Gasteiger partial charge < -0.3 is 11.1 Å². The van der Waals surface area contributed by atoms with Crippen LogP contribution in [0.1, 0.15) is 15.9 Å². The first-order valence-corrected chi connectivity index (χ1v) is 6.84. The average Bonchev–Trinajstić information content (AvgIpc) is 2.48. The summed E-state index contributed by atoms with van der Waals surface area (Å²) in [7, 11) is 0. The number of anilines is 1. The summed E-state index contributed by atoms with van der Waals surface area (Å²) >= 11 is 3.25. The number of hydrogen-bond donors (Lipinski definition) is 2. The van der Waals surface area contributed by atoms with Crippen LogP contribution >= 0.6 is 15.9 Å². The summed E-state index contributed by atoms with van der Waals surface area (Å²) in [6.07, 6.45) is 6.28. The number of nitrogens with one attached hydrogen (secondary N) is 1. The number of halogens is 1. The predicted octanol–water partition coefficient (Wildman–Crippen LogP) is 2.59. The summed E-state index contributed by atoms with van der Waals surface area (Å²) in [5.74, 6) is -0.966. The molecule has 1 heterocycles. The standard InChI is InChI=1S/C15H12BrN3O2/c16-11-4-5-13(12(8-11)15(17)21)19-14(20)6-3-10-2-1-7-18-9-10/h1-9H,(H2,17,21)(H,19,20)/b6-3-. The van der Waals surface area contributed by atoms with Crippen LogP contribution in [-0.4, -0.2) is 16.8 Å². The zero-order valence-corrected chi connectivity index (χ0v) is 12.5. The molecular weight excluding hydrogens is 334 g/mol. The Bertz CT molecular complexity index is 699. The number of hydrogen-bond acceptors (Lipinski definition) is 3. The SMILES string of the molecule is NC(=O)c1cc(Br)ccc1NC(=O)/C=C\c1cccnc1. The smallest absolute Gasteiger partial charge is 0.250 e. The van der Waals surface area contributed by atoms with E-state index < -0.39 is 5.91 Å². The monoisotopic (exact) mass is 345 g/mol. The van der Waals surface area contributed by atoms with Crippen LogP contribution in [0.5, 0.6) is 0 Å². The highest BCUT2D eigenvalue weighted by Gasteiger charge is 2.10. The summed E-state index contributed by atoms with van der Waals surface area (Å²) in [6.45, 7) is 0. The number of benzene rings is 1. The maximum Gasteiger partial charge on any atom is 0.250 e. The molecule has 0 fully saturated rings. The van der Waals surface area contributed by atoms with Gasteiger partial charge >= 0.3 is 0 Å². The summed E-state index contributed by atoms with van der Waals surface area (Å²) < 4.78 is 0.709. The molecule has 2 amide bonds. The van der Waals surface area contributed by atoms with Crippen LogP contribution in [0.25, 0.3) is 6.08 Å². The van der Waals surface area contributed by atoms with Gasteiger partial charge in [-0.05, 0) is 35.9 Å². The Hall–Kier alpha value is -2.47. The van der Waals surface area contributed by atoms with E-state index in [0.717, 1.165) is 5.56 Å². The molecule has 0 saturated carbocycles. The van der Waals surface area contributed by atoms with Crippen LogP contribution < -0.4 is 11.1 Å². The second kappa shape index (κ2) is 6.81. The Balaban J connectivity index is 2.13. The molecule has 0 saturated heterocycles. The second-order valence-electron chi connectivity index (χ2n) is 4.16. The first-order valence-electron chi connectivity index (χ1n) is 6.05. The number of carbonyl (C=O) groups excluding carboxylic acids is 2. The van der Waals surface area contributed by atoms with E-state index in [0.29, 0.717) is 10.2 Å². The molecule has 0 spiro atoms. The van der Waals surface area contributed by atoms with Gasteiger partial charge in [0.15, 0.2) is 0 Å². The molecule has 0 aliphatic carbocycles. The van der Waals surface area contributed by atoms with Gasteiger partial charge in [-0.15, -0.1) is 0 Å². The summed E-state index contributed by atoms with van der Waals surface area (Å²) in [4.78, 5) is 27.2. The van der Waals surface area contributed by atoms with Gasteiger partial charge in [0.05, 0.1) is 11.3 Å². The van der Waals surface area contributed by atoms with Gasteiger partial charge in [0.1, 0.15) is 0 Å². The van der Waals surface area contributed by atoms with Gasteiger partial charge in [0.2, 0.25) is 5.91 Å². The molecule has 0 aliphatic rings. The first-order chi connectivity index (χ1) is 10.1. The van der Waals surface area contributed by atoms with Crippen LogP contribution in [0.2, 0.25) is 0 Å². The first kappa shape index (κ1) is 14.9. The Labute approximate surface area is 130 Å². The third-order valence-electron chi connectivity index (χ3n) is 2.62. The Morgan fingerprint density at radius 1 is 1.29 bits per heavy atom. The highest BCUT2D eigenvalue weighted by molar-refractivity contribution is 9.10. The normalized spacial score (nSPS) is 10.5. The Morgan fingerprint density at radius 2 is 2.10 bits per heavy atom. The van der Waals surface area contributed by atoms with E-state index in [-0.39, 0.29) is 11.5 Å². The van der Waals surface area contributed by atoms with E-state index in [1.54, 1.807) is 42.7 Å². The lowest BCUT2D eigenvalue weighted by molar-refractivity contribution is -0.111. The molecule has 1 aromatic heterocycles. The van der Waals surface area contributed by atoms with Crippen molar-refractivity contribution in [1.29, 1.82) is 0 Å². The minimum Gasteiger partial charge on any atom is -0.366 e. The molecule has 5 nitrogen and oxygen atoms in total. The number of rotatable bonds is 4. The fraction of sp³-hybridized carbons (Fsp3) is 0. The second-order valence-corrected chi connectivity index (χ2v) is 5.08. The van der Waals surface area contributed by atoms with Gasteiger partial charge in [0, 0.05) is 22.9 Å². The largest absolute Gasteiger partial charge is 0.366 e. The average molecular weight is 346 g/mol. The topological polar surface area (TPSA) is 85.1 Å². The molecule has 106 valence electrons. The van der Waals surface area contributed by atoms with E-state index in [1.165, 1.54) is 6.08 Å². The van der Waals surface area contributed by atoms with Crippen molar-refractivity contribution in [2.24, 2.45) is 5.73 Å². The van der Waals surface area contributed by atoms with E-state index >= 15 is 0 Å². The molecular formula is C15H12BrN3O2. The number of pyridine rings is 1. The lowest BCUT2D eigenvalue weighted by Crippen LogP contribution is -2.16. The maximum absolute atomic E-state index is 11.9. The number of primary amides is 1. The molecule has 21 heavy (non-hydrogen) atoms. The van der Waals surface area contributed by atoms with Crippen molar-refractivity contribution >= 4 is 39.5 Å². The number of nitrogens with zero attached hydrogens (tertiary/aromatic N) is 1. The number of carbonyl (C=O) groups is 2. The molecule has 0 unspecified atom stereocenters. The quantitative estimate of drug-likeness (QED) is 0.835. The lowest BCUT2D eigenvalue weighted by atomic mass is 10.1. The predicted molar refractivity (Wildman–Crippen MR) is 84.6 cm³/mol. The van der Waals surface area contributed by atoms with Gasteiger partial charge in [-0.25, -0.2) is 0 Å². The molecule has 2 rings (SSSR count). The van der Waals surface area contributed by atoms with Crippen molar-refractivity contribution in [3.63, 3.8) is 0 Å². The minimum absolute atomic E-state index is 0.243. The van der Waals surface area contributed by atoms with Crippen molar-refractivity contribution in [2.75, 3.05) is 5.32 Å². The fourth-order valence-corrected chi connectivity index (χ4v) is 2.01.